The predicted octanol–water partition coefficient (Wildman–Crippen LogP) is 2.88. The molecule has 0 heterocycles. The second kappa shape index (κ2) is 6.93. The number of carbonyl (C=O) groups is 1. The second-order valence-electron chi connectivity index (χ2n) is 5.31. The zero-order valence-electron chi connectivity index (χ0n) is 12.6. The van der Waals surface area contributed by atoms with Crippen molar-refractivity contribution in [2.75, 3.05) is 0 Å². The number of benzene rings is 2. The lowest BCUT2D eigenvalue weighted by Gasteiger charge is -2.15. The van der Waals surface area contributed by atoms with Crippen molar-refractivity contribution in [1.29, 1.82) is 0 Å². The molecule has 22 heavy (non-hydrogen) atoms. The average molecular weight is 294 g/mol. The van der Waals surface area contributed by atoms with E-state index >= 15 is 0 Å². The van der Waals surface area contributed by atoms with E-state index in [1.165, 1.54) is 0 Å². The Balaban J connectivity index is 2.24. The maximum atomic E-state index is 11.5. The van der Waals surface area contributed by atoms with Crippen molar-refractivity contribution in [3.8, 4) is 11.8 Å². The number of carboxylic acids is 1. The smallest absolute Gasteiger partial charge is 0.314 e. The van der Waals surface area contributed by atoms with Gasteiger partial charge in [0.05, 0.1) is 0 Å². The van der Waals surface area contributed by atoms with Crippen molar-refractivity contribution in [2.45, 2.75) is 25.9 Å². The normalized spacial score (nSPS) is 12.9. The Morgan fingerprint density at radius 2 is 1.45 bits per heavy atom. The third kappa shape index (κ3) is 3.97. The molecule has 0 fully saturated rings. The summed E-state index contributed by atoms with van der Waals surface area (Å²) in [6.45, 7) is 3.90. The third-order valence-corrected chi connectivity index (χ3v) is 3.43. The first-order valence-corrected chi connectivity index (χ1v) is 7.03. The largest absolute Gasteiger partial charge is 0.481 e. The van der Waals surface area contributed by atoms with Gasteiger partial charge in [-0.05, 0) is 31.5 Å². The summed E-state index contributed by atoms with van der Waals surface area (Å²) in [5.74, 6) is 3.32. The van der Waals surface area contributed by atoms with E-state index in [1.54, 1.807) is 12.1 Å². The third-order valence-electron chi connectivity index (χ3n) is 3.43. The summed E-state index contributed by atoms with van der Waals surface area (Å²) in [4.78, 5) is 11.5. The first kappa shape index (κ1) is 15.8. The molecule has 0 saturated heterocycles. The highest BCUT2D eigenvalue weighted by Gasteiger charge is 2.27. The minimum atomic E-state index is -1.26. The number of aliphatic carboxylic acids is 1. The van der Waals surface area contributed by atoms with E-state index in [0.29, 0.717) is 5.56 Å². The fourth-order valence-electron chi connectivity index (χ4n) is 2.11. The van der Waals surface area contributed by atoms with E-state index < -0.39 is 18.0 Å². The van der Waals surface area contributed by atoms with E-state index in [9.17, 15) is 15.0 Å². The lowest BCUT2D eigenvalue weighted by atomic mass is 9.93. The standard InChI is InChI=1S/C19H18O3/c1-13-3-7-15(8-4-13)9-12-17(20)18(19(21)22)16-10-5-14(2)6-11-16/h3-8,10-11,17-18,20H,1-2H3,(H,21,22)/t17-,18-/m1/s1. The Morgan fingerprint density at radius 1 is 0.955 bits per heavy atom. The molecular weight excluding hydrogens is 276 g/mol. The monoisotopic (exact) mass is 294 g/mol. The lowest BCUT2D eigenvalue weighted by molar-refractivity contribution is -0.140. The maximum absolute atomic E-state index is 11.5. The molecule has 2 N–H and O–H groups in total. The van der Waals surface area contributed by atoms with Crippen LogP contribution >= 0.6 is 0 Å². The van der Waals surface area contributed by atoms with Crippen LogP contribution < -0.4 is 0 Å². The highest BCUT2D eigenvalue weighted by molar-refractivity contribution is 5.77. The quantitative estimate of drug-likeness (QED) is 0.856. The Bertz CT molecular complexity index is 703. The number of aliphatic hydroxyl groups excluding tert-OH is 1. The van der Waals surface area contributed by atoms with Crippen LogP contribution in [0.5, 0.6) is 0 Å². The molecule has 0 spiro atoms. The number of aliphatic hydroxyl groups is 1. The molecule has 2 aromatic carbocycles. The fraction of sp³-hybridized carbons (Fsp3) is 0.211. The van der Waals surface area contributed by atoms with Gasteiger partial charge in [-0.1, -0.05) is 59.4 Å². The predicted molar refractivity (Wildman–Crippen MR) is 85.6 cm³/mol. The van der Waals surface area contributed by atoms with Gasteiger partial charge in [-0.2, -0.15) is 0 Å². The van der Waals surface area contributed by atoms with Gasteiger partial charge in [-0.25, -0.2) is 0 Å². The van der Waals surface area contributed by atoms with Crippen LogP contribution in [0.3, 0.4) is 0 Å². The molecule has 0 saturated carbocycles. The molecule has 0 amide bonds. The molecule has 0 unspecified atom stereocenters. The molecule has 0 aliphatic carbocycles. The van der Waals surface area contributed by atoms with Crippen LogP contribution in [0, 0.1) is 25.7 Å². The van der Waals surface area contributed by atoms with Crippen LogP contribution in [0.15, 0.2) is 48.5 Å². The van der Waals surface area contributed by atoms with Crippen molar-refractivity contribution in [1.82, 2.24) is 0 Å². The Kier molecular flexibility index (Phi) is 4.98. The number of hydrogen-bond acceptors (Lipinski definition) is 2. The highest BCUT2D eigenvalue weighted by Crippen LogP contribution is 2.20. The molecule has 112 valence electrons. The molecule has 3 heteroatoms. The van der Waals surface area contributed by atoms with Crippen LogP contribution in [0.1, 0.15) is 28.2 Å². The van der Waals surface area contributed by atoms with E-state index in [2.05, 4.69) is 11.8 Å². The summed E-state index contributed by atoms with van der Waals surface area (Å²) in [6.07, 6.45) is -1.26. The topological polar surface area (TPSA) is 57.5 Å². The molecule has 0 radical (unpaired) electrons. The van der Waals surface area contributed by atoms with Crippen LogP contribution in [0.25, 0.3) is 0 Å². The number of aryl methyl sites for hydroxylation is 2. The van der Waals surface area contributed by atoms with E-state index in [4.69, 9.17) is 0 Å². The number of carboxylic acid groups (broad SMARTS) is 1. The highest BCUT2D eigenvalue weighted by atomic mass is 16.4. The van der Waals surface area contributed by atoms with Gasteiger partial charge in [-0.3, -0.25) is 4.79 Å². The van der Waals surface area contributed by atoms with Gasteiger partial charge in [0.15, 0.2) is 0 Å². The van der Waals surface area contributed by atoms with Crippen molar-refractivity contribution in [3.63, 3.8) is 0 Å². The first-order chi connectivity index (χ1) is 10.5. The van der Waals surface area contributed by atoms with E-state index in [1.807, 2.05) is 50.2 Å². The van der Waals surface area contributed by atoms with Crippen molar-refractivity contribution >= 4 is 5.97 Å². The van der Waals surface area contributed by atoms with Crippen molar-refractivity contribution in [2.24, 2.45) is 0 Å². The Morgan fingerprint density at radius 3 is 1.95 bits per heavy atom. The molecule has 0 aliphatic rings. The van der Waals surface area contributed by atoms with E-state index in [0.717, 1.165) is 16.7 Å². The second-order valence-corrected chi connectivity index (χ2v) is 5.31. The summed E-state index contributed by atoms with van der Waals surface area (Å²) in [5, 5.41) is 19.5. The summed E-state index contributed by atoms with van der Waals surface area (Å²) >= 11 is 0. The molecule has 0 bridgehead atoms. The molecule has 3 nitrogen and oxygen atoms in total. The first-order valence-electron chi connectivity index (χ1n) is 7.03. The van der Waals surface area contributed by atoms with Gasteiger partial charge in [0.1, 0.15) is 12.0 Å². The maximum Gasteiger partial charge on any atom is 0.314 e. The van der Waals surface area contributed by atoms with Gasteiger partial charge in [-0.15, -0.1) is 0 Å². The minimum Gasteiger partial charge on any atom is -0.481 e. The van der Waals surface area contributed by atoms with Crippen LogP contribution in [0.2, 0.25) is 0 Å². The van der Waals surface area contributed by atoms with E-state index in [-0.39, 0.29) is 0 Å². The average Bonchev–Trinajstić information content (AvgIpc) is 2.48. The number of rotatable bonds is 3. The van der Waals surface area contributed by atoms with Gasteiger partial charge >= 0.3 is 5.97 Å². The molecule has 2 atom stereocenters. The zero-order chi connectivity index (χ0) is 16.1. The summed E-state index contributed by atoms with van der Waals surface area (Å²) < 4.78 is 0. The fourth-order valence-corrected chi connectivity index (χ4v) is 2.11. The van der Waals surface area contributed by atoms with Crippen molar-refractivity contribution < 1.29 is 15.0 Å². The number of hydrogen-bond donors (Lipinski definition) is 2. The van der Waals surface area contributed by atoms with Gasteiger partial charge in [0, 0.05) is 5.56 Å². The summed E-state index contributed by atoms with van der Waals surface area (Å²) in [5.41, 5.74) is 3.45. The van der Waals surface area contributed by atoms with Gasteiger partial charge < -0.3 is 10.2 Å². The Hall–Kier alpha value is -2.57. The van der Waals surface area contributed by atoms with Gasteiger partial charge in [0.25, 0.3) is 0 Å². The van der Waals surface area contributed by atoms with Gasteiger partial charge in [0.2, 0.25) is 0 Å². The molecule has 0 aliphatic heterocycles. The van der Waals surface area contributed by atoms with Crippen LogP contribution in [-0.4, -0.2) is 22.3 Å². The van der Waals surface area contributed by atoms with Crippen LogP contribution in [0.4, 0.5) is 0 Å². The summed E-state index contributed by atoms with van der Waals surface area (Å²) in [6, 6.07) is 14.6. The SMILES string of the molecule is Cc1ccc(C#C[C@@H](O)[C@H](C(=O)O)c2ccc(C)cc2)cc1. The zero-order valence-corrected chi connectivity index (χ0v) is 12.6. The lowest BCUT2D eigenvalue weighted by Crippen LogP contribution is -2.24. The van der Waals surface area contributed by atoms with Crippen LogP contribution in [-0.2, 0) is 4.79 Å². The van der Waals surface area contributed by atoms with Crippen molar-refractivity contribution in [3.05, 3.63) is 70.8 Å². The minimum absolute atomic E-state index is 0.545. The molecule has 0 aromatic heterocycles. The Labute approximate surface area is 130 Å². The molecule has 2 rings (SSSR count). The summed E-state index contributed by atoms with van der Waals surface area (Å²) in [7, 11) is 0. The molecular formula is C19H18O3. The molecule has 2 aromatic rings.